The first-order valence-electron chi connectivity index (χ1n) is 5.99. The fraction of sp³-hybridized carbons (Fsp3) is 0.286. The molecule has 0 aliphatic carbocycles. The zero-order valence-electron chi connectivity index (χ0n) is 10.8. The van der Waals surface area contributed by atoms with Gasteiger partial charge in [0.2, 0.25) is 5.88 Å². The Morgan fingerprint density at radius 2 is 1.95 bits per heavy atom. The average molecular weight is 279 g/mol. The smallest absolute Gasteiger partial charge is 0.233 e. The predicted molar refractivity (Wildman–Crippen MR) is 73.5 cm³/mol. The molecule has 0 amide bonds. The molecule has 2 rings (SSSR count). The Morgan fingerprint density at radius 1 is 1.26 bits per heavy atom. The van der Waals surface area contributed by atoms with Crippen molar-refractivity contribution in [1.29, 1.82) is 0 Å². The lowest BCUT2D eigenvalue weighted by Crippen LogP contribution is -2.04. The van der Waals surface area contributed by atoms with Crippen LogP contribution in [0.15, 0.2) is 30.3 Å². The highest BCUT2D eigenvalue weighted by Gasteiger charge is 2.16. The third-order valence-electron chi connectivity index (χ3n) is 2.96. The molecule has 1 N–H and O–H groups in total. The first kappa shape index (κ1) is 13.8. The highest BCUT2D eigenvalue weighted by Crippen LogP contribution is 2.28. The molecule has 0 saturated carbocycles. The van der Waals surface area contributed by atoms with Crippen LogP contribution in [0.1, 0.15) is 29.7 Å². The van der Waals surface area contributed by atoms with Crippen molar-refractivity contribution in [2.24, 2.45) is 0 Å². The number of methoxy groups -OCH3 is 1. The zero-order valence-corrected chi connectivity index (χ0v) is 11.6. The normalized spacial score (nSPS) is 12.2. The van der Waals surface area contributed by atoms with Crippen LogP contribution >= 0.6 is 11.6 Å². The molecule has 0 aliphatic heterocycles. The van der Waals surface area contributed by atoms with Gasteiger partial charge in [-0.1, -0.05) is 42.8 Å². The lowest BCUT2D eigenvalue weighted by molar-refractivity contribution is 0.219. The minimum atomic E-state index is -0.845. The zero-order chi connectivity index (χ0) is 13.8. The predicted octanol–water partition coefficient (Wildman–Crippen LogP) is 2.78. The molecule has 100 valence electrons. The number of aryl methyl sites for hydroxylation is 1. The number of hydrogen-bond acceptors (Lipinski definition) is 4. The molecule has 0 bridgehead atoms. The van der Waals surface area contributed by atoms with Gasteiger partial charge in [0.1, 0.15) is 6.10 Å². The number of rotatable bonds is 4. The number of nitrogens with zero attached hydrogens (tertiary/aromatic N) is 2. The standard InChI is InChI=1S/C14H15ClN2O2/c1-3-9-4-6-10(7-5-9)13(18)11-8-12(19-2)16-17-14(11)15/h4-8,13,18H,3H2,1-2H3. The Morgan fingerprint density at radius 3 is 2.53 bits per heavy atom. The molecule has 0 aliphatic rings. The number of hydrogen-bond donors (Lipinski definition) is 1. The first-order valence-corrected chi connectivity index (χ1v) is 6.37. The Balaban J connectivity index is 2.34. The lowest BCUT2D eigenvalue weighted by atomic mass is 10.0. The molecule has 1 aromatic carbocycles. The van der Waals surface area contributed by atoms with Gasteiger partial charge in [-0.2, -0.15) is 0 Å². The molecule has 4 nitrogen and oxygen atoms in total. The molecule has 19 heavy (non-hydrogen) atoms. The molecule has 0 fully saturated rings. The van der Waals surface area contributed by atoms with E-state index in [1.807, 2.05) is 24.3 Å². The molecule has 1 atom stereocenters. The highest BCUT2D eigenvalue weighted by atomic mass is 35.5. The fourth-order valence-corrected chi connectivity index (χ4v) is 1.97. The number of aliphatic hydroxyl groups is 1. The van der Waals surface area contributed by atoms with Crippen LogP contribution < -0.4 is 4.74 Å². The van der Waals surface area contributed by atoms with E-state index in [0.29, 0.717) is 11.4 Å². The second-order valence-electron chi connectivity index (χ2n) is 4.13. The summed E-state index contributed by atoms with van der Waals surface area (Å²) < 4.78 is 4.99. The third kappa shape index (κ3) is 3.03. The van der Waals surface area contributed by atoms with E-state index in [2.05, 4.69) is 17.1 Å². The van der Waals surface area contributed by atoms with Crippen LogP contribution in [0.3, 0.4) is 0 Å². The van der Waals surface area contributed by atoms with Crippen molar-refractivity contribution in [2.45, 2.75) is 19.4 Å². The monoisotopic (exact) mass is 278 g/mol. The van der Waals surface area contributed by atoms with E-state index in [1.54, 1.807) is 6.07 Å². The van der Waals surface area contributed by atoms with Gasteiger partial charge < -0.3 is 9.84 Å². The van der Waals surface area contributed by atoms with E-state index in [1.165, 1.54) is 12.7 Å². The molecule has 1 unspecified atom stereocenters. The van der Waals surface area contributed by atoms with Crippen molar-refractivity contribution in [3.05, 3.63) is 52.2 Å². The quantitative estimate of drug-likeness (QED) is 0.934. The van der Waals surface area contributed by atoms with Crippen LogP contribution in [0.5, 0.6) is 5.88 Å². The van der Waals surface area contributed by atoms with Crippen molar-refractivity contribution in [2.75, 3.05) is 7.11 Å². The van der Waals surface area contributed by atoms with Gasteiger partial charge in [-0.05, 0) is 17.5 Å². The summed E-state index contributed by atoms with van der Waals surface area (Å²) in [5.41, 5.74) is 2.46. The van der Waals surface area contributed by atoms with Crippen molar-refractivity contribution in [3.63, 3.8) is 0 Å². The summed E-state index contributed by atoms with van der Waals surface area (Å²) in [5, 5.41) is 18.0. The Labute approximate surface area is 117 Å². The van der Waals surface area contributed by atoms with E-state index in [-0.39, 0.29) is 5.15 Å². The maximum Gasteiger partial charge on any atom is 0.233 e. The number of ether oxygens (including phenoxy) is 1. The van der Waals surface area contributed by atoms with Crippen molar-refractivity contribution in [1.82, 2.24) is 10.2 Å². The third-order valence-corrected chi connectivity index (χ3v) is 3.25. The number of benzene rings is 1. The molecule has 0 saturated heterocycles. The Kier molecular flexibility index (Phi) is 4.35. The van der Waals surface area contributed by atoms with Crippen LogP contribution in [0, 0.1) is 0 Å². The number of halogens is 1. The van der Waals surface area contributed by atoms with Crippen LogP contribution in [-0.4, -0.2) is 22.4 Å². The van der Waals surface area contributed by atoms with Crippen molar-refractivity contribution in [3.8, 4) is 5.88 Å². The van der Waals surface area contributed by atoms with Gasteiger partial charge in [0.05, 0.1) is 7.11 Å². The highest BCUT2D eigenvalue weighted by molar-refractivity contribution is 6.30. The molecule has 1 heterocycles. The molecule has 1 aromatic heterocycles. The second-order valence-corrected chi connectivity index (χ2v) is 4.49. The van der Waals surface area contributed by atoms with Gasteiger partial charge >= 0.3 is 0 Å². The van der Waals surface area contributed by atoms with Crippen LogP contribution in [-0.2, 0) is 6.42 Å². The fourth-order valence-electron chi connectivity index (χ4n) is 1.78. The number of aromatic nitrogens is 2. The summed E-state index contributed by atoms with van der Waals surface area (Å²) in [4.78, 5) is 0. The van der Waals surface area contributed by atoms with Crippen molar-refractivity contribution < 1.29 is 9.84 Å². The lowest BCUT2D eigenvalue weighted by Gasteiger charge is -2.13. The van der Waals surface area contributed by atoms with E-state index < -0.39 is 6.10 Å². The number of aliphatic hydroxyl groups excluding tert-OH is 1. The molecule has 0 spiro atoms. The molecular weight excluding hydrogens is 264 g/mol. The van der Waals surface area contributed by atoms with Gasteiger partial charge in [0.15, 0.2) is 5.15 Å². The molecule has 0 radical (unpaired) electrons. The topological polar surface area (TPSA) is 55.2 Å². The van der Waals surface area contributed by atoms with Gasteiger partial charge in [-0.15, -0.1) is 10.2 Å². The summed E-state index contributed by atoms with van der Waals surface area (Å²) in [6.45, 7) is 2.08. The Hall–Kier alpha value is -1.65. The summed E-state index contributed by atoms with van der Waals surface area (Å²) in [5.74, 6) is 0.323. The summed E-state index contributed by atoms with van der Waals surface area (Å²) >= 11 is 5.97. The summed E-state index contributed by atoms with van der Waals surface area (Å²) in [6, 6.07) is 9.32. The van der Waals surface area contributed by atoms with Gasteiger partial charge in [-0.25, -0.2) is 0 Å². The van der Waals surface area contributed by atoms with Crippen LogP contribution in [0.25, 0.3) is 0 Å². The maximum atomic E-state index is 10.3. The second kappa shape index (κ2) is 5.99. The molecule has 2 aromatic rings. The van der Waals surface area contributed by atoms with E-state index in [0.717, 1.165) is 12.0 Å². The summed E-state index contributed by atoms with van der Waals surface area (Å²) in [7, 11) is 1.49. The van der Waals surface area contributed by atoms with Gasteiger partial charge in [-0.3, -0.25) is 0 Å². The molecular formula is C14H15ClN2O2. The largest absolute Gasteiger partial charge is 0.480 e. The van der Waals surface area contributed by atoms with Gasteiger partial charge in [0, 0.05) is 11.6 Å². The SMILES string of the molecule is CCc1ccc(C(O)c2cc(OC)nnc2Cl)cc1. The average Bonchev–Trinajstić information content (AvgIpc) is 2.47. The van der Waals surface area contributed by atoms with Crippen LogP contribution in [0.2, 0.25) is 5.15 Å². The summed E-state index contributed by atoms with van der Waals surface area (Å²) in [6.07, 6.45) is 0.115. The van der Waals surface area contributed by atoms with E-state index in [9.17, 15) is 5.11 Å². The maximum absolute atomic E-state index is 10.3. The van der Waals surface area contributed by atoms with Crippen LogP contribution in [0.4, 0.5) is 0 Å². The van der Waals surface area contributed by atoms with E-state index >= 15 is 0 Å². The Bertz CT molecular complexity index is 558. The minimum absolute atomic E-state index is 0.174. The van der Waals surface area contributed by atoms with Crippen molar-refractivity contribution >= 4 is 11.6 Å². The molecule has 5 heteroatoms. The van der Waals surface area contributed by atoms with Gasteiger partial charge in [0.25, 0.3) is 0 Å². The van der Waals surface area contributed by atoms with E-state index in [4.69, 9.17) is 16.3 Å². The minimum Gasteiger partial charge on any atom is -0.480 e. The first-order chi connectivity index (χ1) is 9.15.